The third-order valence-electron chi connectivity index (χ3n) is 4.80. The number of hydrogen-bond donors (Lipinski definition) is 2. The normalized spacial score (nSPS) is 12.1. The zero-order chi connectivity index (χ0) is 21.8. The summed E-state index contributed by atoms with van der Waals surface area (Å²) in [7, 11) is 1.82. The van der Waals surface area contributed by atoms with E-state index in [2.05, 4.69) is 20.7 Å². The minimum absolute atomic E-state index is 0.120. The van der Waals surface area contributed by atoms with E-state index in [1.807, 2.05) is 40.8 Å². The average Bonchev–Trinajstić information content (AvgIpc) is 2.99. The molecular formula is C22H27N5O3. The van der Waals surface area contributed by atoms with Crippen molar-refractivity contribution < 1.29 is 14.3 Å². The number of benzene rings is 1. The van der Waals surface area contributed by atoms with Crippen LogP contribution in [0.3, 0.4) is 0 Å². The van der Waals surface area contributed by atoms with Gasteiger partial charge in [-0.1, -0.05) is 26.0 Å². The van der Waals surface area contributed by atoms with Crippen LogP contribution in [0.4, 0.5) is 5.69 Å². The van der Waals surface area contributed by atoms with Crippen molar-refractivity contribution in [3.8, 4) is 5.75 Å². The molecule has 158 valence electrons. The van der Waals surface area contributed by atoms with E-state index in [1.54, 1.807) is 35.1 Å². The Bertz CT molecular complexity index is 1070. The number of nitrogens with one attached hydrogen (secondary N) is 2. The van der Waals surface area contributed by atoms with E-state index < -0.39 is 6.04 Å². The summed E-state index contributed by atoms with van der Waals surface area (Å²) in [5.74, 6) is -0.299. The number of fused-ring (bicyclic) bond motifs is 1. The van der Waals surface area contributed by atoms with Gasteiger partial charge in [0.25, 0.3) is 5.91 Å². The molecule has 0 aliphatic heterocycles. The molecule has 0 spiro atoms. The van der Waals surface area contributed by atoms with Gasteiger partial charge < -0.3 is 15.4 Å². The van der Waals surface area contributed by atoms with Gasteiger partial charge in [0.05, 0.1) is 29.7 Å². The molecule has 1 aromatic carbocycles. The minimum Gasteiger partial charge on any atom is -0.493 e. The third kappa shape index (κ3) is 4.42. The van der Waals surface area contributed by atoms with Crippen molar-refractivity contribution in [2.45, 2.75) is 33.7 Å². The Balaban J connectivity index is 1.78. The molecule has 0 saturated carbocycles. The van der Waals surface area contributed by atoms with Crippen LogP contribution < -0.4 is 15.4 Å². The van der Waals surface area contributed by atoms with Gasteiger partial charge in [0.1, 0.15) is 11.8 Å². The van der Waals surface area contributed by atoms with E-state index in [9.17, 15) is 9.59 Å². The first-order chi connectivity index (χ1) is 14.3. The van der Waals surface area contributed by atoms with Gasteiger partial charge in [0.15, 0.2) is 5.65 Å². The summed E-state index contributed by atoms with van der Waals surface area (Å²) in [5, 5.41) is 10.9. The average molecular weight is 409 g/mol. The van der Waals surface area contributed by atoms with Crippen LogP contribution in [0, 0.1) is 12.8 Å². The van der Waals surface area contributed by atoms with Gasteiger partial charge in [-0.15, -0.1) is 0 Å². The molecule has 2 aromatic heterocycles. The van der Waals surface area contributed by atoms with Crippen LogP contribution in [0.15, 0.2) is 36.5 Å². The molecule has 0 radical (unpaired) electrons. The van der Waals surface area contributed by atoms with Crippen molar-refractivity contribution in [2.24, 2.45) is 13.0 Å². The van der Waals surface area contributed by atoms with Gasteiger partial charge in [0.2, 0.25) is 5.91 Å². The number of rotatable bonds is 7. The highest BCUT2D eigenvalue weighted by atomic mass is 16.5. The number of aromatic nitrogens is 3. The number of carbonyl (C=O) groups is 2. The van der Waals surface area contributed by atoms with Crippen molar-refractivity contribution in [3.05, 3.63) is 47.8 Å². The monoisotopic (exact) mass is 409 g/mol. The number of amides is 2. The zero-order valence-electron chi connectivity index (χ0n) is 17.9. The first kappa shape index (κ1) is 21.3. The van der Waals surface area contributed by atoms with E-state index in [0.29, 0.717) is 23.6 Å². The van der Waals surface area contributed by atoms with Gasteiger partial charge >= 0.3 is 0 Å². The van der Waals surface area contributed by atoms with Crippen LogP contribution in [0.2, 0.25) is 0 Å². The molecule has 8 heteroatoms. The highest BCUT2D eigenvalue weighted by molar-refractivity contribution is 6.03. The van der Waals surface area contributed by atoms with E-state index in [-0.39, 0.29) is 17.7 Å². The number of carbonyl (C=O) groups excluding carboxylic acids is 2. The topological polar surface area (TPSA) is 98.1 Å². The Morgan fingerprint density at radius 3 is 2.67 bits per heavy atom. The lowest BCUT2D eigenvalue weighted by molar-refractivity contribution is -0.118. The van der Waals surface area contributed by atoms with Crippen molar-refractivity contribution in [3.63, 3.8) is 0 Å². The number of aryl methyl sites for hydroxylation is 2. The molecule has 0 fully saturated rings. The third-order valence-corrected chi connectivity index (χ3v) is 4.80. The number of anilines is 1. The van der Waals surface area contributed by atoms with Crippen LogP contribution in [0.25, 0.3) is 11.0 Å². The van der Waals surface area contributed by atoms with Crippen LogP contribution in [-0.4, -0.2) is 39.2 Å². The van der Waals surface area contributed by atoms with Gasteiger partial charge in [-0.05, 0) is 38.0 Å². The molecule has 3 aromatic rings. The van der Waals surface area contributed by atoms with Gasteiger partial charge in [0, 0.05) is 12.4 Å². The molecule has 0 aliphatic carbocycles. The van der Waals surface area contributed by atoms with E-state index in [1.165, 1.54) is 0 Å². The maximum atomic E-state index is 13.0. The van der Waals surface area contributed by atoms with Crippen LogP contribution >= 0.6 is 0 Å². The summed E-state index contributed by atoms with van der Waals surface area (Å²) in [6.45, 7) is 7.95. The standard InChI is InChI=1S/C22H27N5O3/c1-6-30-18-10-8-7-9-16(18)21(28)25-19(13(2)3)22(29)24-15-11-17-14(4)26-27(5)20(17)23-12-15/h7-13,19H,6H2,1-5H3,(H,24,29)(H,25,28). The van der Waals surface area contributed by atoms with Crippen molar-refractivity contribution in [1.29, 1.82) is 0 Å². The van der Waals surface area contributed by atoms with E-state index >= 15 is 0 Å². The molecule has 2 N–H and O–H groups in total. The Labute approximate surface area is 175 Å². The molecule has 2 amide bonds. The zero-order valence-corrected chi connectivity index (χ0v) is 17.9. The fourth-order valence-electron chi connectivity index (χ4n) is 3.29. The summed E-state index contributed by atoms with van der Waals surface area (Å²) in [6, 6.07) is 8.10. The second-order valence-electron chi connectivity index (χ2n) is 7.42. The summed E-state index contributed by atoms with van der Waals surface area (Å²) in [6.07, 6.45) is 1.59. The van der Waals surface area contributed by atoms with Crippen LogP contribution in [-0.2, 0) is 11.8 Å². The Morgan fingerprint density at radius 2 is 1.97 bits per heavy atom. The lowest BCUT2D eigenvalue weighted by atomic mass is 10.0. The second kappa shape index (κ2) is 8.94. The molecule has 0 bridgehead atoms. The lowest BCUT2D eigenvalue weighted by Crippen LogP contribution is -2.47. The van der Waals surface area contributed by atoms with Gasteiger partial charge in [-0.3, -0.25) is 14.3 Å². The largest absolute Gasteiger partial charge is 0.493 e. The van der Waals surface area contributed by atoms with Crippen molar-refractivity contribution in [1.82, 2.24) is 20.1 Å². The summed E-state index contributed by atoms with van der Waals surface area (Å²) < 4.78 is 7.23. The fourth-order valence-corrected chi connectivity index (χ4v) is 3.29. The van der Waals surface area contributed by atoms with Gasteiger partial charge in [-0.25, -0.2) is 4.98 Å². The minimum atomic E-state index is -0.724. The predicted octanol–water partition coefficient (Wildman–Crippen LogP) is 3.07. The molecule has 1 unspecified atom stereocenters. The summed E-state index contributed by atoms with van der Waals surface area (Å²) in [5.41, 5.74) is 2.52. The maximum absolute atomic E-state index is 13.0. The van der Waals surface area contributed by atoms with Gasteiger partial charge in [-0.2, -0.15) is 5.10 Å². The predicted molar refractivity (Wildman–Crippen MR) is 116 cm³/mol. The molecule has 1 atom stereocenters. The maximum Gasteiger partial charge on any atom is 0.255 e. The smallest absolute Gasteiger partial charge is 0.255 e. The molecule has 8 nitrogen and oxygen atoms in total. The Morgan fingerprint density at radius 1 is 1.23 bits per heavy atom. The number of para-hydroxylation sites is 1. The molecule has 0 saturated heterocycles. The van der Waals surface area contributed by atoms with Crippen molar-refractivity contribution >= 4 is 28.5 Å². The summed E-state index contributed by atoms with van der Waals surface area (Å²) >= 11 is 0. The lowest BCUT2D eigenvalue weighted by Gasteiger charge is -2.22. The molecule has 30 heavy (non-hydrogen) atoms. The van der Waals surface area contributed by atoms with Crippen molar-refractivity contribution in [2.75, 3.05) is 11.9 Å². The molecule has 3 rings (SSSR count). The molecule has 0 aliphatic rings. The number of ether oxygens (including phenoxy) is 1. The first-order valence-electron chi connectivity index (χ1n) is 9.94. The quantitative estimate of drug-likeness (QED) is 0.625. The fraction of sp³-hybridized carbons (Fsp3) is 0.364. The number of hydrogen-bond acceptors (Lipinski definition) is 5. The highest BCUT2D eigenvalue weighted by Gasteiger charge is 2.26. The van der Waals surface area contributed by atoms with Crippen LogP contribution in [0.1, 0.15) is 36.8 Å². The first-order valence-corrected chi connectivity index (χ1v) is 9.94. The Hall–Kier alpha value is -3.42. The Kier molecular flexibility index (Phi) is 6.34. The number of nitrogens with zero attached hydrogens (tertiary/aromatic N) is 3. The number of pyridine rings is 1. The molecule has 2 heterocycles. The van der Waals surface area contributed by atoms with Crippen LogP contribution in [0.5, 0.6) is 5.75 Å². The highest BCUT2D eigenvalue weighted by Crippen LogP contribution is 2.21. The van der Waals surface area contributed by atoms with E-state index in [0.717, 1.165) is 16.7 Å². The van der Waals surface area contributed by atoms with E-state index in [4.69, 9.17) is 4.74 Å². The second-order valence-corrected chi connectivity index (χ2v) is 7.42. The SMILES string of the molecule is CCOc1ccccc1C(=O)NC(C(=O)Nc1cnc2c(c1)c(C)nn2C)C(C)C. The summed E-state index contributed by atoms with van der Waals surface area (Å²) in [4.78, 5) is 30.2. The molecular weight excluding hydrogens is 382 g/mol.